The first-order chi connectivity index (χ1) is 9.59. The fraction of sp³-hybridized carbons (Fsp3) is 0.588. The molecule has 20 heavy (non-hydrogen) atoms. The Balaban J connectivity index is 2.23. The van der Waals surface area contributed by atoms with Crippen LogP contribution in [0.4, 0.5) is 0 Å². The number of benzene rings is 1. The van der Waals surface area contributed by atoms with Crippen LogP contribution in [0.15, 0.2) is 30.3 Å². The highest BCUT2D eigenvalue weighted by molar-refractivity contribution is 5.14. The number of nitrogens with zero attached hydrogens (tertiary/aromatic N) is 2. The van der Waals surface area contributed by atoms with Crippen molar-refractivity contribution < 1.29 is 0 Å². The molecule has 1 aromatic carbocycles. The van der Waals surface area contributed by atoms with E-state index in [1.165, 1.54) is 5.56 Å². The van der Waals surface area contributed by atoms with Gasteiger partial charge in [0.05, 0.1) is 6.07 Å². The molecule has 1 aromatic rings. The van der Waals surface area contributed by atoms with Gasteiger partial charge in [-0.3, -0.25) is 5.32 Å². The van der Waals surface area contributed by atoms with Crippen molar-refractivity contribution in [3.8, 4) is 6.07 Å². The van der Waals surface area contributed by atoms with E-state index in [1.807, 2.05) is 13.8 Å². The molecule has 3 nitrogen and oxygen atoms in total. The normalized spacial score (nSPS) is 13.9. The molecule has 3 heteroatoms. The van der Waals surface area contributed by atoms with Crippen molar-refractivity contribution in [3.05, 3.63) is 35.9 Å². The highest BCUT2D eigenvalue weighted by Crippen LogP contribution is 2.11. The summed E-state index contributed by atoms with van der Waals surface area (Å²) in [4.78, 5) is 2.34. The third-order valence-corrected chi connectivity index (χ3v) is 3.66. The molecule has 110 valence electrons. The minimum atomic E-state index is -0.380. The Morgan fingerprint density at radius 1 is 1.25 bits per heavy atom. The van der Waals surface area contributed by atoms with Crippen LogP contribution in [0.2, 0.25) is 0 Å². The Morgan fingerprint density at radius 3 is 2.55 bits per heavy atom. The summed E-state index contributed by atoms with van der Waals surface area (Å²) < 4.78 is 0. The summed E-state index contributed by atoms with van der Waals surface area (Å²) in [6.45, 7) is 6.97. The Hall–Kier alpha value is -1.37. The molecule has 1 unspecified atom stereocenters. The molecule has 0 fully saturated rings. The van der Waals surface area contributed by atoms with E-state index in [4.69, 9.17) is 0 Å². The van der Waals surface area contributed by atoms with Gasteiger partial charge in [0.25, 0.3) is 0 Å². The molecule has 0 aliphatic heterocycles. The van der Waals surface area contributed by atoms with Crippen molar-refractivity contribution in [2.75, 3.05) is 26.7 Å². The van der Waals surface area contributed by atoms with Gasteiger partial charge < -0.3 is 4.90 Å². The molecule has 0 bridgehead atoms. The lowest BCUT2D eigenvalue weighted by molar-refractivity contribution is 0.308. The topological polar surface area (TPSA) is 39.1 Å². The maximum atomic E-state index is 9.21. The maximum absolute atomic E-state index is 9.21. The third-order valence-electron chi connectivity index (χ3n) is 3.66. The molecule has 0 heterocycles. The Labute approximate surface area is 123 Å². The van der Waals surface area contributed by atoms with Crippen LogP contribution in [0.3, 0.4) is 0 Å². The quantitative estimate of drug-likeness (QED) is 0.752. The lowest BCUT2D eigenvalue weighted by atomic mass is 9.97. The van der Waals surface area contributed by atoms with E-state index in [-0.39, 0.29) is 5.54 Å². The van der Waals surface area contributed by atoms with E-state index in [9.17, 15) is 5.26 Å². The van der Waals surface area contributed by atoms with Gasteiger partial charge in [0.2, 0.25) is 0 Å². The summed E-state index contributed by atoms with van der Waals surface area (Å²) in [5.74, 6) is 0. The van der Waals surface area contributed by atoms with Gasteiger partial charge in [0.15, 0.2) is 0 Å². The van der Waals surface area contributed by atoms with Crippen molar-refractivity contribution in [3.63, 3.8) is 0 Å². The summed E-state index contributed by atoms with van der Waals surface area (Å²) in [6.07, 6.45) is 3.02. The van der Waals surface area contributed by atoms with Crippen LogP contribution in [0.5, 0.6) is 0 Å². The van der Waals surface area contributed by atoms with E-state index >= 15 is 0 Å². The average Bonchev–Trinajstić information content (AvgIpc) is 2.46. The monoisotopic (exact) mass is 273 g/mol. The van der Waals surface area contributed by atoms with E-state index in [2.05, 4.69) is 53.7 Å². The molecule has 1 rings (SSSR count). The minimum absolute atomic E-state index is 0.380. The van der Waals surface area contributed by atoms with Crippen molar-refractivity contribution in [1.29, 1.82) is 5.26 Å². The maximum Gasteiger partial charge on any atom is 0.103 e. The van der Waals surface area contributed by atoms with Crippen molar-refractivity contribution >= 4 is 0 Å². The predicted molar refractivity (Wildman–Crippen MR) is 84.6 cm³/mol. The summed E-state index contributed by atoms with van der Waals surface area (Å²) in [5, 5.41) is 12.5. The number of rotatable bonds is 9. The molecule has 0 saturated carbocycles. The first kappa shape index (κ1) is 16.7. The van der Waals surface area contributed by atoms with Gasteiger partial charge >= 0.3 is 0 Å². The van der Waals surface area contributed by atoms with Gasteiger partial charge in [-0.2, -0.15) is 5.26 Å². The van der Waals surface area contributed by atoms with Crippen LogP contribution in [0.1, 0.15) is 32.3 Å². The smallest absolute Gasteiger partial charge is 0.103 e. The zero-order chi connectivity index (χ0) is 14.8. The van der Waals surface area contributed by atoms with Crippen molar-refractivity contribution in [1.82, 2.24) is 10.2 Å². The van der Waals surface area contributed by atoms with Crippen LogP contribution in [-0.2, 0) is 6.42 Å². The molecule has 0 saturated heterocycles. The molecular formula is C17H27N3. The standard InChI is InChI=1S/C17H27N3/c1-4-19-17(2,15-18)12-8-13-20(3)14-11-16-9-6-5-7-10-16/h5-7,9-10,19H,4,8,11-14H2,1-3H3. The Kier molecular flexibility index (Phi) is 7.28. The van der Waals surface area contributed by atoms with E-state index in [0.717, 1.165) is 38.9 Å². The minimum Gasteiger partial charge on any atom is -0.306 e. The fourth-order valence-corrected chi connectivity index (χ4v) is 2.35. The van der Waals surface area contributed by atoms with Gasteiger partial charge in [0.1, 0.15) is 5.54 Å². The highest BCUT2D eigenvalue weighted by atomic mass is 15.1. The predicted octanol–water partition coefficient (Wildman–Crippen LogP) is 2.83. The zero-order valence-corrected chi connectivity index (χ0v) is 13.0. The van der Waals surface area contributed by atoms with Gasteiger partial charge in [0, 0.05) is 6.54 Å². The lowest BCUT2D eigenvalue weighted by Gasteiger charge is -2.24. The molecule has 0 aliphatic rings. The Bertz CT molecular complexity index is 410. The van der Waals surface area contributed by atoms with E-state index < -0.39 is 0 Å². The summed E-state index contributed by atoms with van der Waals surface area (Å²) in [7, 11) is 2.15. The van der Waals surface area contributed by atoms with Crippen molar-refractivity contribution in [2.45, 2.75) is 38.6 Å². The first-order valence-corrected chi connectivity index (χ1v) is 7.48. The Morgan fingerprint density at radius 2 is 1.95 bits per heavy atom. The highest BCUT2D eigenvalue weighted by Gasteiger charge is 2.21. The number of hydrogen-bond acceptors (Lipinski definition) is 3. The van der Waals surface area contributed by atoms with Crippen LogP contribution in [0, 0.1) is 11.3 Å². The number of hydrogen-bond donors (Lipinski definition) is 1. The molecule has 0 aromatic heterocycles. The third kappa shape index (κ3) is 6.18. The number of nitriles is 1. The van der Waals surface area contributed by atoms with E-state index in [1.54, 1.807) is 0 Å². The van der Waals surface area contributed by atoms with Gasteiger partial charge in [-0.15, -0.1) is 0 Å². The molecule has 0 amide bonds. The van der Waals surface area contributed by atoms with Crippen molar-refractivity contribution in [2.24, 2.45) is 0 Å². The number of likely N-dealkylation sites (N-methyl/N-ethyl adjacent to an activating group) is 1. The largest absolute Gasteiger partial charge is 0.306 e. The average molecular weight is 273 g/mol. The second-order valence-electron chi connectivity index (χ2n) is 5.62. The summed E-state index contributed by atoms with van der Waals surface area (Å²) >= 11 is 0. The fourth-order valence-electron chi connectivity index (χ4n) is 2.35. The van der Waals surface area contributed by atoms with Gasteiger partial charge in [-0.25, -0.2) is 0 Å². The van der Waals surface area contributed by atoms with Gasteiger partial charge in [-0.05, 0) is 51.9 Å². The lowest BCUT2D eigenvalue weighted by Crippen LogP contribution is -2.41. The van der Waals surface area contributed by atoms with Crippen LogP contribution in [-0.4, -0.2) is 37.1 Å². The summed E-state index contributed by atoms with van der Waals surface area (Å²) in [6, 6.07) is 13.0. The second kappa shape index (κ2) is 8.73. The van der Waals surface area contributed by atoms with Gasteiger partial charge in [-0.1, -0.05) is 37.3 Å². The van der Waals surface area contributed by atoms with Crippen LogP contribution in [0.25, 0.3) is 0 Å². The van der Waals surface area contributed by atoms with E-state index in [0.29, 0.717) is 0 Å². The molecule has 0 spiro atoms. The molecular weight excluding hydrogens is 246 g/mol. The number of nitrogens with one attached hydrogen (secondary N) is 1. The SMILES string of the molecule is CCNC(C)(C#N)CCCN(C)CCc1ccccc1. The molecule has 1 atom stereocenters. The van der Waals surface area contributed by atoms with Crippen LogP contribution >= 0.6 is 0 Å². The first-order valence-electron chi connectivity index (χ1n) is 7.48. The summed E-state index contributed by atoms with van der Waals surface area (Å²) in [5.41, 5.74) is 1.00. The zero-order valence-electron chi connectivity index (χ0n) is 13.0. The molecule has 1 N–H and O–H groups in total. The molecule has 0 aliphatic carbocycles. The van der Waals surface area contributed by atoms with Crippen LogP contribution < -0.4 is 5.32 Å². The second-order valence-corrected chi connectivity index (χ2v) is 5.62. The molecule has 0 radical (unpaired) electrons.